The Labute approximate surface area is 178 Å². The summed E-state index contributed by atoms with van der Waals surface area (Å²) in [5, 5.41) is 4.46. The summed E-state index contributed by atoms with van der Waals surface area (Å²) in [6.07, 6.45) is 1.69. The van der Waals surface area contributed by atoms with Crippen LogP contribution in [0.15, 0.2) is 78.0 Å². The zero-order valence-electron chi connectivity index (χ0n) is 16.2. The minimum atomic E-state index is -0.302. The lowest BCUT2D eigenvalue weighted by Gasteiger charge is -2.20. The molecule has 0 bridgehead atoms. The molecule has 0 saturated heterocycles. The van der Waals surface area contributed by atoms with E-state index in [1.165, 1.54) is 12.1 Å². The average molecular weight is 415 g/mol. The summed E-state index contributed by atoms with van der Waals surface area (Å²) in [4.78, 5) is 13.2. The quantitative estimate of drug-likeness (QED) is 0.299. The minimum Gasteiger partial charge on any atom is -0.377 e. The number of hydrogen-bond acceptors (Lipinski definition) is 4. The first-order chi connectivity index (χ1) is 14.6. The van der Waals surface area contributed by atoms with Crippen molar-refractivity contribution in [3.8, 4) is 11.3 Å². The first-order valence-electron chi connectivity index (χ1n) is 9.67. The van der Waals surface area contributed by atoms with Gasteiger partial charge in [-0.2, -0.15) is 0 Å². The number of nitrogens with zero attached hydrogens (tertiary/aromatic N) is 2. The summed E-state index contributed by atoms with van der Waals surface area (Å²) in [5.41, 5.74) is 6.11. The van der Waals surface area contributed by atoms with Crippen LogP contribution in [0.1, 0.15) is 18.5 Å². The maximum atomic E-state index is 13.8. The molecule has 148 valence electrons. The van der Waals surface area contributed by atoms with E-state index in [1.807, 2.05) is 42.5 Å². The Morgan fingerprint density at radius 2 is 1.90 bits per heavy atom. The van der Waals surface area contributed by atoms with Crippen LogP contribution in [-0.4, -0.2) is 15.0 Å². The number of thiol groups is 1. The van der Waals surface area contributed by atoms with Crippen molar-refractivity contribution in [2.24, 2.45) is 0 Å². The summed E-state index contributed by atoms with van der Waals surface area (Å²) in [6.45, 7) is 2.09. The smallest absolute Gasteiger partial charge is 0.125 e. The summed E-state index contributed by atoms with van der Waals surface area (Å²) in [6, 6.07) is 20.5. The molecule has 0 aliphatic heterocycles. The molecular formula is C24H19FN4S. The van der Waals surface area contributed by atoms with Gasteiger partial charge in [0.05, 0.1) is 34.8 Å². The average Bonchev–Trinajstić information content (AvgIpc) is 3.23. The lowest BCUT2D eigenvalue weighted by Crippen LogP contribution is -2.10. The van der Waals surface area contributed by atoms with Gasteiger partial charge < -0.3 is 10.3 Å². The summed E-state index contributed by atoms with van der Waals surface area (Å²) >= 11 is 4.63. The van der Waals surface area contributed by atoms with Gasteiger partial charge in [-0.15, -0.1) is 12.6 Å². The van der Waals surface area contributed by atoms with Crippen molar-refractivity contribution >= 4 is 40.3 Å². The SMILES string of the molecule is C[C@H](Nc1cccc2[nH]cnc12)c1cc2ccc(F)cc2nc1-c1ccccc1S. The van der Waals surface area contributed by atoms with Crippen LogP contribution in [0.4, 0.5) is 10.1 Å². The zero-order chi connectivity index (χ0) is 20.7. The highest BCUT2D eigenvalue weighted by Gasteiger charge is 2.18. The number of nitrogens with one attached hydrogen (secondary N) is 2. The molecule has 5 rings (SSSR count). The second-order valence-electron chi connectivity index (χ2n) is 7.25. The fourth-order valence-electron chi connectivity index (χ4n) is 3.77. The lowest BCUT2D eigenvalue weighted by atomic mass is 9.98. The number of hydrogen-bond donors (Lipinski definition) is 3. The predicted octanol–water partition coefficient (Wildman–Crippen LogP) is 6.38. The highest BCUT2D eigenvalue weighted by molar-refractivity contribution is 7.80. The van der Waals surface area contributed by atoms with Gasteiger partial charge in [0, 0.05) is 27.5 Å². The molecule has 0 amide bonds. The molecule has 30 heavy (non-hydrogen) atoms. The number of anilines is 1. The van der Waals surface area contributed by atoms with E-state index in [4.69, 9.17) is 4.98 Å². The molecule has 2 heterocycles. The van der Waals surface area contributed by atoms with Gasteiger partial charge in [0.2, 0.25) is 0 Å². The number of halogens is 1. The summed E-state index contributed by atoms with van der Waals surface area (Å²) in [7, 11) is 0. The van der Waals surface area contributed by atoms with Crippen LogP contribution in [0.2, 0.25) is 0 Å². The van der Waals surface area contributed by atoms with Gasteiger partial charge in [0.1, 0.15) is 11.3 Å². The first kappa shape index (κ1) is 18.6. The molecule has 0 radical (unpaired) electrons. The van der Waals surface area contributed by atoms with E-state index in [-0.39, 0.29) is 11.9 Å². The molecule has 0 saturated carbocycles. The molecular weight excluding hydrogens is 395 g/mol. The number of rotatable bonds is 4. The van der Waals surface area contributed by atoms with Crippen molar-refractivity contribution in [3.05, 3.63) is 84.4 Å². The molecule has 5 aromatic rings. The highest BCUT2D eigenvalue weighted by Crippen LogP contribution is 2.35. The highest BCUT2D eigenvalue weighted by atomic mass is 32.1. The summed E-state index contributed by atoms with van der Waals surface area (Å²) < 4.78 is 13.8. The minimum absolute atomic E-state index is 0.0720. The molecule has 6 heteroatoms. The third kappa shape index (κ3) is 3.29. The monoisotopic (exact) mass is 414 g/mol. The molecule has 1 atom stereocenters. The molecule has 2 aromatic heterocycles. The van der Waals surface area contributed by atoms with Gasteiger partial charge >= 0.3 is 0 Å². The normalized spacial score (nSPS) is 12.4. The second-order valence-corrected chi connectivity index (χ2v) is 7.73. The Morgan fingerprint density at radius 1 is 1.03 bits per heavy atom. The topological polar surface area (TPSA) is 53.6 Å². The van der Waals surface area contributed by atoms with Gasteiger partial charge in [0.25, 0.3) is 0 Å². The van der Waals surface area contributed by atoms with E-state index >= 15 is 0 Å². The van der Waals surface area contributed by atoms with Crippen molar-refractivity contribution in [2.45, 2.75) is 17.9 Å². The van der Waals surface area contributed by atoms with Gasteiger partial charge in [0.15, 0.2) is 0 Å². The van der Waals surface area contributed by atoms with Crippen LogP contribution >= 0.6 is 12.6 Å². The Hall–Kier alpha value is -3.38. The number of H-pyrrole nitrogens is 1. The molecule has 3 aromatic carbocycles. The molecule has 2 N–H and O–H groups in total. The van der Waals surface area contributed by atoms with Crippen molar-refractivity contribution in [1.82, 2.24) is 15.0 Å². The maximum absolute atomic E-state index is 13.8. The number of imidazole rings is 1. The number of pyridine rings is 1. The number of aromatic nitrogens is 3. The van der Waals surface area contributed by atoms with E-state index < -0.39 is 0 Å². The van der Waals surface area contributed by atoms with Gasteiger partial charge in [-0.05, 0) is 43.3 Å². The number of benzene rings is 3. The van der Waals surface area contributed by atoms with Crippen LogP contribution in [0.5, 0.6) is 0 Å². The predicted molar refractivity (Wildman–Crippen MR) is 123 cm³/mol. The van der Waals surface area contributed by atoms with E-state index in [2.05, 4.69) is 40.9 Å². The van der Waals surface area contributed by atoms with Crippen LogP contribution in [-0.2, 0) is 0 Å². The molecule has 0 spiro atoms. The molecule has 0 aliphatic carbocycles. The number of fused-ring (bicyclic) bond motifs is 2. The Morgan fingerprint density at radius 3 is 2.77 bits per heavy atom. The number of aromatic amines is 1. The van der Waals surface area contributed by atoms with Crippen LogP contribution < -0.4 is 5.32 Å². The van der Waals surface area contributed by atoms with Crippen molar-refractivity contribution in [2.75, 3.05) is 5.32 Å². The zero-order valence-corrected chi connectivity index (χ0v) is 17.1. The maximum Gasteiger partial charge on any atom is 0.125 e. The van der Waals surface area contributed by atoms with E-state index in [0.29, 0.717) is 5.52 Å². The van der Waals surface area contributed by atoms with Crippen molar-refractivity contribution in [3.63, 3.8) is 0 Å². The molecule has 0 aliphatic rings. The van der Waals surface area contributed by atoms with E-state index in [0.717, 1.165) is 43.8 Å². The Balaban J connectivity index is 1.66. The fraction of sp³-hybridized carbons (Fsp3) is 0.0833. The van der Waals surface area contributed by atoms with Crippen LogP contribution in [0.25, 0.3) is 33.2 Å². The van der Waals surface area contributed by atoms with Crippen molar-refractivity contribution < 1.29 is 4.39 Å². The first-order valence-corrected chi connectivity index (χ1v) is 10.1. The molecule has 0 unspecified atom stereocenters. The van der Waals surface area contributed by atoms with Crippen LogP contribution in [0, 0.1) is 5.82 Å². The number of para-hydroxylation sites is 1. The molecule has 0 fully saturated rings. The molecule has 4 nitrogen and oxygen atoms in total. The third-order valence-corrected chi connectivity index (χ3v) is 5.65. The Bertz CT molecular complexity index is 1380. The standard InChI is InChI=1S/C24H19FN4S/c1-14(28-20-7-4-6-19-24(20)27-13-26-19)18-11-15-9-10-16(25)12-21(15)29-23(18)17-5-2-3-8-22(17)30/h2-14,28,30H,1H3,(H,26,27)/t14-/m0/s1. The Kier molecular flexibility index (Phi) is 4.64. The van der Waals surface area contributed by atoms with E-state index in [9.17, 15) is 4.39 Å². The van der Waals surface area contributed by atoms with Gasteiger partial charge in [-0.3, -0.25) is 0 Å². The van der Waals surface area contributed by atoms with Crippen LogP contribution in [0.3, 0.4) is 0 Å². The summed E-state index contributed by atoms with van der Waals surface area (Å²) in [5.74, 6) is -0.302. The van der Waals surface area contributed by atoms with Crippen molar-refractivity contribution in [1.29, 1.82) is 0 Å². The second kappa shape index (κ2) is 7.46. The fourth-order valence-corrected chi connectivity index (χ4v) is 4.04. The van der Waals surface area contributed by atoms with E-state index in [1.54, 1.807) is 12.4 Å². The third-order valence-electron chi connectivity index (χ3n) is 5.26. The van der Waals surface area contributed by atoms with Gasteiger partial charge in [-0.25, -0.2) is 14.4 Å². The largest absolute Gasteiger partial charge is 0.377 e. The lowest BCUT2D eigenvalue weighted by molar-refractivity contribution is 0.629. The van der Waals surface area contributed by atoms with Gasteiger partial charge in [-0.1, -0.05) is 24.3 Å².